The summed E-state index contributed by atoms with van der Waals surface area (Å²) in [5.41, 5.74) is 2.62. The summed E-state index contributed by atoms with van der Waals surface area (Å²) in [4.78, 5) is 2.61. The SMILES string of the molecule is CCc1cc(CN2C[C@H]3CNC[C@H]3C2)n(CC)n1. The average Bonchev–Trinajstić information content (AvgIpc) is 3.02. The van der Waals surface area contributed by atoms with Crippen molar-refractivity contribution >= 4 is 0 Å². The monoisotopic (exact) mass is 248 g/mol. The molecule has 2 aliphatic rings. The van der Waals surface area contributed by atoms with E-state index in [-0.39, 0.29) is 0 Å². The van der Waals surface area contributed by atoms with E-state index in [0.717, 1.165) is 31.3 Å². The molecule has 1 N–H and O–H groups in total. The second-order valence-corrected chi connectivity index (χ2v) is 5.67. The Morgan fingerprint density at radius 3 is 2.61 bits per heavy atom. The maximum Gasteiger partial charge on any atom is 0.0625 e. The summed E-state index contributed by atoms with van der Waals surface area (Å²) in [6.45, 7) is 11.4. The van der Waals surface area contributed by atoms with Crippen LogP contribution in [0.15, 0.2) is 6.07 Å². The van der Waals surface area contributed by atoms with Gasteiger partial charge in [-0.15, -0.1) is 0 Å². The topological polar surface area (TPSA) is 33.1 Å². The summed E-state index contributed by atoms with van der Waals surface area (Å²) in [7, 11) is 0. The largest absolute Gasteiger partial charge is 0.316 e. The van der Waals surface area contributed by atoms with Gasteiger partial charge in [-0.25, -0.2) is 0 Å². The van der Waals surface area contributed by atoms with Crippen molar-refractivity contribution in [2.24, 2.45) is 11.8 Å². The quantitative estimate of drug-likeness (QED) is 0.867. The molecule has 2 atom stereocenters. The summed E-state index contributed by atoms with van der Waals surface area (Å²) in [6.07, 6.45) is 1.04. The zero-order chi connectivity index (χ0) is 12.5. The van der Waals surface area contributed by atoms with Crippen molar-refractivity contribution in [1.29, 1.82) is 0 Å². The molecule has 0 spiro atoms. The molecule has 0 aliphatic carbocycles. The molecule has 2 saturated heterocycles. The van der Waals surface area contributed by atoms with Crippen LogP contribution >= 0.6 is 0 Å². The van der Waals surface area contributed by atoms with Gasteiger partial charge in [-0.1, -0.05) is 6.92 Å². The van der Waals surface area contributed by atoms with Crippen molar-refractivity contribution in [1.82, 2.24) is 20.0 Å². The van der Waals surface area contributed by atoms with Gasteiger partial charge in [0.05, 0.1) is 11.4 Å². The van der Waals surface area contributed by atoms with Gasteiger partial charge in [-0.3, -0.25) is 9.58 Å². The second-order valence-electron chi connectivity index (χ2n) is 5.67. The number of aryl methyl sites for hydroxylation is 2. The molecule has 0 saturated carbocycles. The molecule has 2 aliphatic heterocycles. The lowest BCUT2D eigenvalue weighted by atomic mass is 10.0. The molecule has 4 nitrogen and oxygen atoms in total. The first-order valence-corrected chi connectivity index (χ1v) is 7.28. The van der Waals surface area contributed by atoms with Gasteiger partial charge in [0.15, 0.2) is 0 Å². The minimum Gasteiger partial charge on any atom is -0.316 e. The minimum atomic E-state index is 0.883. The first kappa shape index (κ1) is 12.2. The summed E-state index contributed by atoms with van der Waals surface area (Å²) in [5.74, 6) is 1.77. The predicted molar refractivity (Wildman–Crippen MR) is 72.4 cm³/mol. The lowest BCUT2D eigenvalue weighted by Gasteiger charge is -2.17. The zero-order valence-electron chi connectivity index (χ0n) is 11.5. The van der Waals surface area contributed by atoms with Crippen molar-refractivity contribution in [3.8, 4) is 0 Å². The van der Waals surface area contributed by atoms with Crippen molar-refractivity contribution < 1.29 is 0 Å². The molecule has 100 valence electrons. The fourth-order valence-electron chi connectivity index (χ4n) is 3.40. The number of fused-ring (bicyclic) bond motifs is 1. The Kier molecular flexibility index (Phi) is 3.39. The van der Waals surface area contributed by atoms with Gasteiger partial charge in [-0.2, -0.15) is 5.10 Å². The molecule has 3 rings (SSSR count). The van der Waals surface area contributed by atoms with E-state index in [4.69, 9.17) is 0 Å². The van der Waals surface area contributed by atoms with Crippen LogP contribution in [-0.4, -0.2) is 40.9 Å². The Balaban J connectivity index is 1.67. The molecule has 1 aromatic rings. The minimum absolute atomic E-state index is 0.883. The summed E-state index contributed by atoms with van der Waals surface area (Å²) < 4.78 is 2.17. The molecule has 4 heteroatoms. The van der Waals surface area contributed by atoms with Crippen molar-refractivity contribution in [2.75, 3.05) is 26.2 Å². The van der Waals surface area contributed by atoms with Crippen LogP contribution < -0.4 is 5.32 Å². The summed E-state index contributed by atoms with van der Waals surface area (Å²) in [5, 5.41) is 8.14. The van der Waals surface area contributed by atoms with Crippen LogP contribution in [0.5, 0.6) is 0 Å². The number of nitrogens with one attached hydrogen (secondary N) is 1. The summed E-state index contributed by atoms with van der Waals surface area (Å²) in [6, 6.07) is 2.29. The van der Waals surface area contributed by atoms with E-state index < -0.39 is 0 Å². The number of aromatic nitrogens is 2. The van der Waals surface area contributed by atoms with Gasteiger partial charge in [0.2, 0.25) is 0 Å². The summed E-state index contributed by atoms with van der Waals surface area (Å²) >= 11 is 0. The van der Waals surface area contributed by atoms with E-state index in [2.05, 4.69) is 39.9 Å². The first-order chi connectivity index (χ1) is 8.80. The standard InChI is InChI=1S/C14H24N4/c1-3-13-5-14(18(4-2)16-13)10-17-8-11-6-15-7-12(11)9-17/h5,11-12,15H,3-4,6-10H2,1-2H3/t11-,12+. The third kappa shape index (κ3) is 2.19. The molecule has 0 bridgehead atoms. The maximum absolute atomic E-state index is 4.64. The Morgan fingerprint density at radius 1 is 1.28 bits per heavy atom. The van der Waals surface area contributed by atoms with Crippen molar-refractivity contribution in [2.45, 2.75) is 33.4 Å². The van der Waals surface area contributed by atoms with Crippen molar-refractivity contribution in [3.63, 3.8) is 0 Å². The van der Waals surface area contributed by atoms with Gasteiger partial charge in [0, 0.05) is 26.2 Å². The Morgan fingerprint density at radius 2 is 2.00 bits per heavy atom. The van der Waals surface area contributed by atoms with Gasteiger partial charge < -0.3 is 5.32 Å². The highest BCUT2D eigenvalue weighted by molar-refractivity contribution is 5.11. The smallest absolute Gasteiger partial charge is 0.0625 e. The Labute approximate surface area is 109 Å². The molecule has 3 heterocycles. The van der Waals surface area contributed by atoms with Crippen LogP contribution in [-0.2, 0) is 19.5 Å². The highest BCUT2D eigenvalue weighted by Crippen LogP contribution is 2.27. The molecular weight excluding hydrogens is 224 g/mol. The molecular formula is C14H24N4. The molecule has 0 unspecified atom stereocenters. The molecule has 0 aromatic carbocycles. The predicted octanol–water partition coefficient (Wildman–Crippen LogP) is 1.12. The van der Waals surface area contributed by atoms with E-state index >= 15 is 0 Å². The third-order valence-electron chi connectivity index (χ3n) is 4.43. The maximum atomic E-state index is 4.64. The van der Waals surface area contributed by atoms with E-state index in [9.17, 15) is 0 Å². The number of rotatable bonds is 4. The molecule has 1 aromatic heterocycles. The molecule has 2 fully saturated rings. The van der Waals surface area contributed by atoms with Crippen LogP contribution in [0.4, 0.5) is 0 Å². The van der Waals surface area contributed by atoms with Crippen LogP contribution in [0.3, 0.4) is 0 Å². The highest BCUT2D eigenvalue weighted by Gasteiger charge is 2.36. The first-order valence-electron chi connectivity index (χ1n) is 7.28. The number of hydrogen-bond donors (Lipinski definition) is 1. The molecule has 0 radical (unpaired) electrons. The van der Waals surface area contributed by atoms with Gasteiger partial charge >= 0.3 is 0 Å². The highest BCUT2D eigenvalue weighted by atomic mass is 15.3. The van der Waals surface area contributed by atoms with Crippen molar-refractivity contribution in [3.05, 3.63) is 17.5 Å². The average molecular weight is 248 g/mol. The van der Waals surface area contributed by atoms with Crippen LogP contribution in [0, 0.1) is 11.8 Å². The van der Waals surface area contributed by atoms with E-state index in [0.29, 0.717) is 0 Å². The van der Waals surface area contributed by atoms with Crippen LogP contribution in [0.2, 0.25) is 0 Å². The Hall–Kier alpha value is -0.870. The normalized spacial score (nSPS) is 27.9. The fourth-order valence-corrected chi connectivity index (χ4v) is 3.40. The van der Waals surface area contributed by atoms with E-state index in [1.807, 2.05) is 0 Å². The Bertz CT molecular complexity index is 400. The molecule has 18 heavy (non-hydrogen) atoms. The number of hydrogen-bond acceptors (Lipinski definition) is 3. The zero-order valence-corrected chi connectivity index (χ0v) is 11.5. The molecule has 0 amide bonds. The van der Waals surface area contributed by atoms with Gasteiger partial charge in [-0.05, 0) is 44.3 Å². The fraction of sp³-hybridized carbons (Fsp3) is 0.786. The lowest BCUT2D eigenvalue weighted by molar-refractivity contribution is 0.295. The van der Waals surface area contributed by atoms with Gasteiger partial charge in [0.25, 0.3) is 0 Å². The van der Waals surface area contributed by atoms with Gasteiger partial charge in [0.1, 0.15) is 0 Å². The van der Waals surface area contributed by atoms with Crippen LogP contribution in [0.1, 0.15) is 25.2 Å². The number of likely N-dealkylation sites (tertiary alicyclic amines) is 1. The number of nitrogens with zero attached hydrogens (tertiary/aromatic N) is 3. The lowest BCUT2D eigenvalue weighted by Crippen LogP contribution is -2.26. The third-order valence-corrected chi connectivity index (χ3v) is 4.43. The second kappa shape index (κ2) is 5.02. The van der Waals surface area contributed by atoms with Crippen LogP contribution in [0.25, 0.3) is 0 Å². The van der Waals surface area contributed by atoms with E-state index in [1.54, 1.807) is 0 Å². The van der Waals surface area contributed by atoms with E-state index in [1.165, 1.54) is 37.6 Å².